The number of carbonyl (C=O) groups is 2. The van der Waals surface area contributed by atoms with Crippen LogP contribution in [0.3, 0.4) is 0 Å². The normalized spacial score (nSPS) is 18.9. The fourth-order valence-corrected chi connectivity index (χ4v) is 5.00. The van der Waals surface area contributed by atoms with E-state index in [1.165, 1.54) is 17.2 Å². The van der Waals surface area contributed by atoms with Crippen molar-refractivity contribution in [1.82, 2.24) is 34.8 Å². The molecular formula is C12H14N9NaO6S3. The van der Waals surface area contributed by atoms with Gasteiger partial charge in [-0.1, -0.05) is 16.9 Å². The molecular weight excluding hydrogens is 485 g/mol. The molecule has 162 valence electrons. The first-order valence-corrected chi connectivity index (χ1v) is 11.1. The number of hydrogen-bond donors (Lipinski definition) is 2. The molecule has 0 aromatic carbocycles. The molecule has 2 amide bonds. The molecule has 1 aliphatic rings. The predicted molar refractivity (Wildman–Crippen MR) is 102 cm³/mol. The standard InChI is InChI=1S/C12H15N9O6S3.Na/c1-20-12(16-18-19-20)29-4-6-8(10(23)21(6)30(24,25)26)15-9(22)7(17-27-2)5-3-28-11(13)14-5;/h3,6,8H,4H2,1-2H3,(H2,13,14)(H,15,22)(H,24,25,26);/q;+1/p-1/t6-,8+;/m0./s1. The maximum Gasteiger partial charge on any atom is 1.00 e. The van der Waals surface area contributed by atoms with Gasteiger partial charge in [-0.3, -0.25) is 9.59 Å². The van der Waals surface area contributed by atoms with E-state index in [2.05, 4.69) is 35.8 Å². The molecule has 0 spiro atoms. The van der Waals surface area contributed by atoms with E-state index in [0.29, 0.717) is 5.16 Å². The Morgan fingerprint density at radius 1 is 1.52 bits per heavy atom. The quantitative estimate of drug-likeness (QED) is 0.0870. The van der Waals surface area contributed by atoms with Crippen LogP contribution in [0.15, 0.2) is 15.7 Å². The average Bonchev–Trinajstić information content (AvgIpc) is 3.27. The average molecular weight is 499 g/mol. The van der Waals surface area contributed by atoms with Crippen molar-refractivity contribution in [1.29, 1.82) is 0 Å². The number of amides is 2. The van der Waals surface area contributed by atoms with Gasteiger partial charge in [0.15, 0.2) is 21.1 Å². The summed E-state index contributed by atoms with van der Waals surface area (Å²) in [6.45, 7) is 0. The van der Waals surface area contributed by atoms with E-state index in [4.69, 9.17) is 5.73 Å². The molecule has 19 heteroatoms. The fourth-order valence-electron chi connectivity index (χ4n) is 2.52. The molecule has 1 fully saturated rings. The molecule has 15 nitrogen and oxygen atoms in total. The van der Waals surface area contributed by atoms with Gasteiger partial charge in [0.1, 0.15) is 18.8 Å². The van der Waals surface area contributed by atoms with Crippen LogP contribution in [0.2, 0.25) is 0 Å². The third kappa shape index (κ3) is 5.51. The Morgan fingerprint density at radius 3 is 2.74 bits per heavy atom. The van der Waals surface area contributed by atoms with Crippen LogP contribution >= 0.6 is 23.1 Å². The number of aromatic nitrogens is 5. The van der Waals surface area contributed by atoms with E-state index in [-0.39, 0.29) is 56.2 Å². The van der Waals surface area contributed by atoms with Gasteiger partial charge in [0.2, 0.25) is 5.16 Å². The Morgan fingerprint density at radius 2 is 2.23 bits per heavy atom. The fraction of sp³-hybridized carbons (Fsp3) is 0.417. The Balaban J connectivity index is 0.00000341. The van der Waals surface area contributed by atoms with Crippen molar-refractivity contribution < 1.29 is 57.0 Å². The molecule has 2 atom stereocenters. The first kappa shape index (κ1) is 25.4. The second-order valence-electron chi connectivity index (χ2n) is 5.70. The summed E-state index contributed by atoms with van der Waals surface area (Å²) in [6.07, 6.45) is 0. The number of carbonyl (C=O) groups excluding carboxylic acids is 2. The molecule has 1 aliphatic heterocycles. The number of nitrogens with two attached hydrogens (primary N) is 1. The molecule has 2 aromatic rings. The summed E-state index contributed by atoms with van der Waals surface area (Å²) in [5.74, 6) is -2.01. The minimum atomic E-state index is -5.09. The SMILES string of the molecule is CON=C(C(=O)N[C@H]1C(=O)N(S(=O)(=O)[O-])[C@H]1CSc1nnnn1C)c1csc(N)n1.[Na+]. The number of nitrogens with zero attached hydrogens (tertiary/aromatic N) is 7. The molecule has 0 unspecified atom stereocenters. The number of nitrogens with one attached hydrogen (secondary N) is 1. The second kappa shape index (κ2) is 10.2. The molecule has 3 rings (SSSR count). The molecule has 2 aromatic heterocycles. The molecule has 3 N–H and O–H groups in total. The van der Waals surface area contributed by atoms with Crippen molar-refractivity contribution in [3.05, 3.63) is 11.1 Å². The van der Waals surface area contributed by atoms with Crippen molar-refractivity contribution >= 4 is 56.1 Å². The summed E-state index contributed by atoms with van der Waals surface area (Å²) in [5.41, 5.74) is 5.39. The Labute approximate surface area is 205 Å². The van der Waals surface area contributed by atoms with Crippen molar-refractivity contribution in [2.75, 3.05) is 18.6 Å². The maximum absolute atomic E-state index is 12.6. The number of thioether (sulfide) groups is 1. The van der Waals surface area contributed by atoms with E-state index in [1.54, 1.807) is 7.05 Å². The number of rotatable bonds is 8. The van der Waals surface area contributed by atoms with Gasteiger partial charge < -0.3 is 20.4 Å². The van der Waals surface area contributed by atoms with Crippen molar-refractivity contribution in [2.45, 2.75) is 17.2 Å². The number of β-lactam (4-membered cyclic amide) rings is 1. The maximum atomic E-state index is 12.6. The van der Waals surface area contributed by atoms with Gasteiger partial charge in [-0.2, -0.15) is 0 Å². The smallest absolute Gasteiger partial charge is 0.731 e. The van der Waals surface area contributed by atoms with Crippen LogP contribution in [0.1, 0.15) is 5.69 Å². The number of thiazole rings is 1. The zero-order valence-electron chi connectivity index (χ0n) is 16.3. The van der Waals surface area contributed by atoms with Crippen LogP contribution < -0.4 is 40.6 Å². The van der Waals surface area contributed by atoms with E-state index in [9.17, 15) is 22.6 Å². The van der Waals surface area contributed by atoms with Gasteiger partial charge in [-0.25, -0.2) is 22.4 Å². The number of tetrazole rings is 1. The summed E-state index contributed by atoms with van der Waals surface area (Å²) in [6, 6.07) is -2.46. The molecule has 31 heavy (non-hydrogen) atoms. The number of oxime groups is 1. The van der Waals surface area contributed by atoms with Gasteiger partial charge in [-0.05, 0) is 10.4 Å². The van der Waals surface area contributed by atoms with Gasteiger partial charge in [0.05, 0.1) is 6.04 Å². The van der Waals surface area contributed by atoms with E-state index in [1.807, 2.05) is 0 Å². The molecule has 0 aliphatic carbocycles. The molecule has 3 heterocycles. The van der Waals surface area contributed by atoms with Crippen LogP contribution in [0.25, 0.3) is 0 Å². The molecule has 0 radical (unpaired) electrons. The second-order valence-corrected chi connectivity index (χ2v) is 8.83. The minimum Gasteiger partial charge on any atom is -0.731 e. The first-order valence-electron chi connectivity index (χ1n) is 7.91. The van der Waals surface area contributed by atoms with Crippen LogP contribution in [-0.4, -0.2) is 84.9 Å². The Hall–Kier alpha value is -1.83. The summed E-state index contributed by atoms with van der Waals surface area (Å²) in [4.78, 5) is 33.5. The van der Waals surface area contributed by atoms with Crippen LogP contribution in [0.5, 0.6) is 0 Å². The third-order valence-electron chi connectivity index (χ3n) is 3.82. The van der Waals surface area contributed by atoms with Crippen molar-refractivity contribution in [2.24, 2.45) is 12.2 Å². The van der Waals surface area contributed by atoms with Gasteiger partial charge in [0, 0.05) is 18.2 Å². The largest absolute Gasteiger partial charge is 1.00 e. The minimum absolute atomic E-state index is 0. The van der Waals surface area contributed by atoms with Gasteiger partial charge >= 0.3 is 29.6 Å². The third-order valence-corrected chi connectivity index (χ3v) is 6.54. The summed E-state index contributed by atoms with van der Waals surface area (Å²) in [7, 11) is -2.32. The van der Waals surface area contributed by atoms with Gasteiger partial charge in [0.25, 0.3) is 11.8 Å². The van der Waals surface area contributed by atoms with Crippen LogP contribution in [0.4, 0.5) is 5.13 Å². The summed E-state index contributed by atoms with van der Waals surface area (Å²) < 4.78 is 35.9. The van der Waals surface area contributed by atoms with Crippen LogP contribution in [-0.2, 0) is 31.8 Å². The summed E-state index contributed by atoms with van der Waals surface area (Å²) >= 11 is 2.06. The number of hydrogen-bond acceptors (Lipinski definition) is 14. The molecule has 0 bridgehead atoms. The van der Waals surface area contributed by atoms with Crippen molar-refractivity contribution in [3.8, 4) is 0 Å². The predicted octanol–water partition coefficient (Wildman–Crippen LogP) is -5.45. The zero-order chi connectivity index (χ0) is 22.1. The van der Waals surface area contributed by atoms with E-state index >= 15 is 0 Å². The van der Waals surface area contributed by atoms with Crippen molar-refractivity contribution in [3.63, 3.8) is 0 Å². The van der Waals surface area contributed by atoms with E-state index < -0.39 is 34.2 Å². The number of anilines is 1. The Kier molecular flexibility index (Phi) is 8.36. The number of nitrogen functional groups attached to an aromatic ring is 1. The molecule has 1 saturated heterocycles. The monoisotopic (exact) mass is 499 g/mol. The topological polar surface area (TPSA) is 211 Å². The summed E-state index contributed by atoms with van der Waals surface area (Å²) in [5, 5.41) is 18.7. The number of aryl methyl sites for hydroxylation is 1. The van der Waals surface area contributed by atoms with E-state index in [0.717, 1.165) is 23.1 Å². The van der Waals surface area contributed by atoms with Gasteiger partial charge in [-0.15, -0.1) is 16.4 Å². The first-order chi connectivity index (χ1) is 14.1. The Bertz CT molecular complexity index is 1100. The zero-order valence-corrected chi connectivity index (χ0v) is 20.8. The van der Waals surface area contributed by atoms with Crippen LogP contribution in [0, 0.1) is 0 Å². The molecule has 0 saturated carbocycles.